The summed E-state index contributed by atoms with van der Waals surface area (Å²) in [6, 6.07) is 8.14. The van der Waals surface area contributed by atoms with Gasteiger partial charge in [0.1, 0.15) is 0 Å². The second-order valence-corrected chi connectivity index (χ2v) is 5.14. The van der Waals surface area contributed by atoms with Crippen LogP contribution < -0.4 is 5.32 Å². The highest BCUT2D eigenvalue weighted by Crippen LogP contribution is 2.09. The first-order chi connectivity index (χ1) is 7.24. The molecule has 15 heavy (non-hydrogen) atoms. The van der Waals surface area contributed by atoms with Crippen molar-refractivity contribution in [2.75, 3.05) is 18.8 Å². The molecule has 0 aromatic heterocycles. The zero-order valence-corrected chi connectivity index (χ0v) is 10.3. The van der Waals surface area contributed by atoms with E-state index in [9.17, 15) is 4.21 Å². The Kier molecular flexibility index (Phi) is 5.58. The van der Waals surface area contributed by atoms with E-state index in [0.29, 0.717) is 5.75 Å². The van der Waals surface area contributed by atoms with E-state index in [4.69, 9.17) is 0 Å². The molecule has 3 heteroatoms. The third-order valence-electron chi connectivity index (χ3n) is 2.33. The van der Waals surface area contributed by atoms with Crippen molar-refractivity contribution >= 4 is 10.8 Å². The fourth-order valence-electron chi connectivity index (χ4n) is 1.38. The van der Waals surface area contributed by atoms with E-state index in [2.05, 4.69) is 31.3 Å². The van der Waals surface area contributed by atoms with Gasteiger partial charge in [-0.15, -0.1) is 0 Å². The van der Waals surface area contributed by atoms with E-state index in [1.807, 2.05) is 12.1 Å². The highest BCUT2D eigenvalue weighted by molar-refractivity contribution is 7.84. The molecule has 0 amide bonds. The first kappa shape index (κ1) is 12.4. The maximum absolute atomic E-state index is 11.7. The summed E-state index contributed by atoms with van der Waals surface area (Å²) in [6.07, 6.45) is 0. The molecular formula is C12H19NOS. The first-order valence-corrected chi connectivity index (χ1v) is 6.83. The van der Waals surface area contributed by atoms with Gasteiger partial charge in [0.05, 0.1) is 0 Å². The van der Waals surface area contributed by atoms with E-state index in [1.54, 1.807) is 0 Å². The normalized spacial score (nSPS) is 12.7. The second-order valence-electron chi connectivity index (χ2n) is 3.57. The maximum Gasteiger partial charge on any atom is 0.0488 e. The lowest BCUT2D eigenvalue weighted by atomic mass is 10.1. The molecular weight excluding hydrogens is 206 g/mol. The fraction of sp³-hybridized carbons (Fsp3) is 0.500. The van der Waals surface area contributed by atoms with Crippen molar-refractivity contribution in [3.05, 3.63) is 35.4 Å². The Bertz CT molecular complexity index is 325. The van der Waals surface area contributed by atoms with Gasteiger partial charge in [-0.1, -0.05) is 31.2 Å². The van der Waals surface area contributed by atoms with E-state index in [1.165, 1.54) is 11.1 Å². The Balaban J connectivity index is 2.41. The smallest absolute Gasteiger partial charge is 0.0488 e. The molecule has 0 aliphatic heterocycles. The Hall–Kier alpha value is -0.670. The van der Waals surface area contributed by atoms with Gasteiger partial charge in [-0.25, -0.2) is 0 Å². The van der Waals surface area contributed by atoms with Crippen LogP contribution in [-0.2, 0) is 16.6 Å². The van der Waals surface area contributed by atoms with E-state index in [0.717, 1.165) is 18.8 Å². The van der Waals surface area contributed by atoms with Crippen LogP contribution in [0.4, 0.5) is 0 Å². The van der Waals surface area contributed by atoms with Gasteiger partial charge in [-0.2, -0.15) is 0 Å². The third kappa shape index (κ3) is 4.58. The van der Waals surface area contributed by atoms with Crippen molar-refractivity contribution in [2.24, 2.45) is 0 Å². The van der Waals surface area contributed by atoms with Crippen LogP contribution in [0.2, 0.25) is 0 Å². The summed E-state index contributed by atoms with van der Waals surface area (Å²) < 4.78 is 11.7. The molecule has 0 fully saturated rings. The summed E-state index contributed by atoms with van der Waals surface area (Å²) in [5.74, 6) is 1.42. The number of aryl methyl sites for hydroxylation is 1. The molecule has 2 nitrogen and oxygen atoms in total. The summed E-state index contributed by atoms with van der Waals surface area (Å²) in [6.45, 7) is 5.91. The van der Waals surface area contributed by atoms with Gasteiger partial charge in [0.25, 0.3) is 0 Å². The minimum atomic E-state index is -0.745. The number of nitrogens with one attached hydrogen (secondary N) is 1. The molecule has 1 aromatic rings. The van der Waals surface area contributed by atoms with E-state index >= 15 is 0 Å². The largest absolute Gasteiger partial charge is 0.316 e. The zero-order chi connectivity index (χ0) is 11.1. The lowest BCUT2D eigenvalue weighted by Gasteiger charge is -2.05. The van der Waals surface area contributed by atoms with Crippen LogP contribution in [0.25, 0.3) is 0 Å². The molecule has 0 saturated carbocycles. The quantitative estimate of drug-likeness (QED) is 0.749. The first-order valence-electron chi connectivity index (χ1n) is 5.34. The van der Waals surface area contributed by atoms with Crippen LogP contribution in [0.1, 0.15) is 18.1 Å². The molecule has 0 aliphatic rings. The highest BCUT2D eigenvalue weighted by Gasteiger charge is 2.03. The van der Waals surface area contributed by atoms with Crippen LogP contribution in [0, 0.1) is 6.92 Å². The standard InChI is InChI=1S/C12H19NOS/c1-3-13-8-9-15(14)10-12-7-5-4-6-11(12)2/h4-7,13H,3,8-10H2,1-2H3. The van der Waals surface area contributed by atoms with Gasteiger partial charge in [0.15, 0.2) is 0 Å². The average molecular weight is 225 g/mol. The number of hydrogen-bond donors (Lipinski definition) is 1. The van der Waals surface area contributed by atoms with Gasteiger partial charge in [0.2, 0.25) is 0 Å². The zero-order valence-electron chi connectivity index (χ0n) is 9.45. The SMILES string of the molecule is CCNCCS(=O)Cc1ccccc1C. The van der Waals surface area contributed by atoms with Gasteiger partial charge in [-0.05, 0) is 24.6 Å². The predicted octanol–water partition coefficient (Wildman–Crippen LogP) is 1.85. The molecule has 1 unspecified atom stereocenters. The Morgan fingerprint density at radius 3 is 2.73 bits per heavy atom. The molecule has 1 rings (SSSR count). The van der Waals surface area contributed by atoms with Crippen molar-refractivity contribution in [2.45, 2.75) is 19.6 Å². The Morgan fingerprint density at radius 1 is 1.33 bits per heavy atom. The van der Waals surface area contributed by atoms with Gasteiger partial charge in [-0.3, -0.25) is 4.21 Å². The fourth-order valence-corrected chi connectivity index (χ4v) is 2.57. The lowest BCUT2D eigenvalue weighted by molar-refractivity contribution is 0.676. The topological polar surface area (TPSA) is 29.1 Å². The second kappa shape index (κ2) is 6.75. The van der Waals surface area contributed by atoms with Crippen molar-refractivity contribution in [3.8, 4) is 0 Å². The van der Waals surface area contributed by atoms with Crippen molar-refractivity contribution in [1.82, 2.24) is 5.32 Å². The Labute approximate surface area is 94.5 Å². The predicted molar refractivity (Wildman–Crippen MR) is 66.4 cm³/mol. The minimum Gasteiger partial charge on any atom is -0.316 e. The van der Waals surface area contributed by atoms with Crippen molar-refractivity contribution in [1.29, 1.82) is 0 Å². The van der Waals surface area contributed by atoms with Gasteiger partial charge in [0, 0.05) is 28.9 Å². The molecule has 0 radical (unpaired) electrons. The van der Waals surface area contributed by atoms with E-state index < -0.39 is 10.8 Å². The van der Waals surface area contributed by atoms with Crippen LogP contribution in [0.3, 0.4) is 0 Å². The van der Waals surface area contributed by atoms with Crippen molar-refractivity contribution < 1.29 is 4.21 Å². The van der Waals surface area contributed by atoms with Crippen LogP contribution in [0.5, 0.6) is 0 Å². The molecule has 1 aromatic carbocycles. The van der Waals surface area contributed by atoms with Crippen molar-refractivity contribution in [3.63, 3.8) is 0 Å². The summed E-state index contributed by atoms with van der Waals surface area (Å²) in [4.78, 5) is 0. The summed E-state index contributed by atoms with van der Waals surface area (Å²) in [5.41, 5.74) is 2.43. The Morgan fingerprint density at radius 2 is 2.07 bits per heavy atom. The summed E-state index contributed by atoms with van der Waals surface area (Å²) in [7, 11) is -0.745. The molecule has 0 bridgehead atoms. The molecule has 0 heterocycles. The molecule has 0 aliphatic carbocycles. The minimum absolute atomic E-state index is 0.679. The third-order valence-corrected chi connectivity index (χ3v) is 3.63. The molecule has 0 saturated heterocycles. The highest BCUT2D eigenvalue weighted by atomic mass is 32.2. The van der Waals surface area contributed by atoms with E-state index in [-0.39, 0.29) is 0 Å². The lowest BCUT2D eigenvalue weighted by Crippen LogP contribution is -2.20. The van der Waals surface area contributed by atoms with Crippen LogP contribution in [0.15, 0.2) is 24.3 Å². The average Bonchev–Trinajstić information content (AvgIpc) is 2.22. The maximum atomic E-state index is 11.7. The number of rotatable bonds is 6. The molecule has 1 atom stereocenters. The monoisotopic (exact) mass is 225 g/mol. The van der Waals surface area contributed by atoms with Gasteiger partial charge >= 0.3 is 0 Å². The van der Waals surface area contributed by atoms with Crippen LogP contribution in [-0.4, -0.2) is 23.1 Å². The molecule has 84 valence electrons. The molecule has 0 spiro atoms. The number of benzene rings is 1. The summed E-state index contributed by atoms with van der Waals surface area (Å²) >= 11 is 0. The molecule has 1 N–H and O–H groups in total. The van der Waals surface area contributed by atoms with Crippen LogP contribution >= 0.6 is 0 Å². The number of hydrogen-bond acceptors (Lipinski definition) is 2. The van der Waals surface area contributed by atoms with Gasteiger partial charge < -0.3 is 5.32 Å². The summed E-state index contributed by atoms with van der Waals surface area (Å²) in [5, 5.41) is 3.19.